The Morgan fingerprint density at radius 3 is 2.19 bits per heavy atom. The topological polar surface area (TPSA) is 46.6 Å². The van der Waals surface area contributed by atoms with Gasteiger partial charge in [0.05, 0.1) is 18.8 Å². The Morgan fingerprint density at radius 2 is 1.62 bits per heavy atom. The number of rotatable bonds is 3. The van der Waals surface area contributed by atoms with Gasteiger partial charge in [-0.15, -0.1) is 0 Å². The molecule has 1 heterocycles. The normalized spacial score (nSPS) is 15.9. The molecule has 0 amide bonds. The zero-order valence-electron chi connectivity index (χ0n) is 12.4. The summed E-state index contributed by atoms with van der Waals surface area (Å²) in [6, 6.07) is 7.94. The summed E-state index contributed by atoms with van der Waals surface area (Å²) in [5.41, 5.74) is 2.47. The fourth-order valence-electron chi connectivity index (χ4n) is 2.77. The molecule has 0 atom stereocenters. The number of anilines is 1. The minimum absolute atomic E-state index is 0.361. The van der Waals surface area contributed by atoms with Crippen molar-refractivity contribution in [1.82, 2.24) is 0 Å². The zero-order valence-corrected chi connectivity index (χ0v) is 12.4. The lowest BCUT2D eigenvalue weighted by Gasteiger charge is -2.30. The highest BCUT2D eigenvalue weighted by molar-refractivity contribution is 5.82. The molecule has 2 aromatic carbocycles. The van der Waals surface area contributed by atoms with Crippen LogP contribution in [0, 0.1) is 0 Å². The number of hydrogen-bond acceptors (Lipinski definition) is 4. The highest BCUT2D eigenvalue weighted by Gasteiger charge is 2.27. The molecule has 0 N–H and O–H groups in total. The summed E-state index contributed by atoms with van der Waals surface area (Å²) in [4.78, 5) is 25.9. The quantitative estimate of drug-likeness (QED) is 0.808. The van der Waals surface area contributed by atoms with E-state index in [0.717, 1.165) is 5.56 Å². The predicted molar refractivity (Wildman–Crippen MR) is 83.9 cm³/mol. The van der Waals surface area contributed by atoms with Crippen LogP contribution in [0.1, 0.15) is 25.3 Å². The van der Waals surface area contributed by atoms with E-state index in [9.17, 15) is 9.59 Å². The lowest BCUT2D eigenvalue weighted by molar-refractivity contribution is 0.122. The molecule has 0 unspecified atom stereocenters. The van der Waals surface area contributed by atoms with Gasteiger partial charge < -0.3 is 9.64 Å². The molecule has 1 aliphatic rings. The number of benzene rings is 1. The third-order valence-corrected chi connectivity index (χ3v) is 4.08. The van der Waals surface area contributed by atoms with Crippen LogP contribution in [0.5, 0.6) is 0 Å². The van der Waals surface area contributed by atoms with Crippen LogP contribution < -0.4 is 15.8 Å². The minimum atomic E-state index is -0.367. The van der Waals surface area contributed by atoms with Crippen LogP contribution in [0.2, 0.25) is 0 Å². The van der Waals surface area contributed by atoms with Crippen molar-refractivity contribution in [1.29, 1.82) is 0 Å². The van der Waals surface area contributed by atoms with E-state index in [2.05, 4.69) is 13.8 Å². The van der Waals surface area contributed by atoms with Crippen molar-refractivity contribution in [2.45, 2.75) is 19.8 Å². The zero-order chi connectivity index (χ0) is 15.0. The second kappa shape index (κ2) is 5.45. The van der Waals surface area contributed by atoms with E-state index >= 15 is 0 Å². The molecule has 0 aliphatic carbocycles. The molecule has 21 heavy (non-hydrogen) atoms. The molecule has 0 aromatic heterocycles. The van der Waals surface area contributed by atoms with Gasteiger partial charge in [0.15, 0.2) is 0 Å². The molecule has 1 saturated heterocycles. The van der Waals surface area contributed by atoms with Crippen LogP contribution >= 0.6 is 0 Å². The first-order chi connectivity index (χ1) is 10.1. The molecule has 0 saturated carbocycles. The molecule has 110 valence electrons. The maximum atomic E-state index is 12.0. The number of hydrogen-bond donors (Lipinski definition) is 0. The van der Waals surface area contributed by atoms with E-state index in [4.69, 9.17) is 4.74 Å². The van der Waals surface area contributed by atoms with Crippen LogP contribution in [-0.4, -0.2) is 26.3 Å². The van der Waals surface area contributed by atoms with Crippen molar-refractivity contribution in [3.8, 4) is 11.1 Å². The summed E-state index contributed by atoms with van der Waals surface area (Å²) < 4.78 is 5.30. The van der Waals surface area contributed by atoms with E-state index < -0.39 is 0 Å². The van der Waals surface area contributed by atoms with E-state index in [1.807, 2.05) is 29.2 Å². The fourth-order valence-corrected chi connectivity index (χ4v) is 2.77. The summed E-state index contributed by atoms with van der Waals surface area (Å²) in [6.07, 6.45) is 0. The average molecular weight is 285 g/mol. The Labute approximate surface area is 123 Å². The van der Waals surface area contributed by atoms with Crippen molar-refractivity contribution < 1.29 is 4.74 Å². The second-order valence-corrected chi connectivity index (χ2v) is 5.76. The smallest absolute Gasteiger partial charge is 0.250 e. The third-order valence-electron chi connectivity index (χ3n) is 4.08. The van der Waals surface area contributed by atoms with Gasteiger partial charge >= 0.3 is 0 Å². The molecule has 3 rings (SSSR count). The van der Waals surface area contributed by atoms with E-state index in [-0.39, 0.29) is 10.9 Å². The highest BCUT2D eigenvalue weighted by atomic mass is 16.5. The molecule has 1 fully saturated rings. The van der Waals surface area contributed by atoms with Gasteiger partial charge in [0.2, 0.25) is 10.9 Å². The fraction of sp³-hybridized carbons (Fsp3) is 0.412. The Balaban J connectivity index is 1.97. The van der Waals surface area contributed by atoms with Gasteiger partial charge in [-0.05, 0) is 17.0 Å². The van der Waals surface area contributed by atoms with Crippen molar-refractivity contribution in [3.63, 3.8) is 0 Å². The van der Waals surface area contributed by atoms with Gasteiger partial charge in [-0.25, -0.2) is 0 Å². The SMILES string of the molecule is CC(C)c1ccc(-c2c(N3CCOCC3)c(=O)c2=O)cc1. The van der Waals surface area contributed by atoms with Crippen LogP contribution in [0.4, 0.5) is 5.69 Å². The van der Waals surface area contributed by atoms with Crippen LogP contribution in [0.3, 0.4) is 0 Å². The number of ether oxygens (including phenoxy) is 1. The first kappa shape index (κ1) is 14.0. The lowest BCUT2D eigenvalue weighted by atomic mass is 9.94. The van der Waals surface area contributed by atoms with E-state index in [1.165, 1.54) is 5.56 Å². The van der Waals surface area contributed by atoms with Crippen molar-refractivity contribution in [2.24, 2.45) is 0 Å². The molecule has 4 heteroatoms. The number of morpholine rings is 1. The molecular formula is C17H19NO3. The van der Waals surface area contributed by atoms with Crippen LogP contribution in [0.25, 0.3) is 11.1 Å². The molecule has 1 aliphatic heterocycles. The van der Waals surface area contributed by atoms with Crippen LogP contribution in [-0.2, 0) is 4.74 Å². The van der Waals surface area contributed by atoms with Gasteiger partial charge in [0.25, 0.3) is 0 Å². The lowest BCUT2D eigenvalue weighted by Crippen LogP contribution is -2.46. The standard InChI is InChI=1S/C17H19NO3/c1-11(2)12-3-5-13(6-4-12)14-15(17(20)16(14)19)18-7-9-21-10-8-18/h3-6,11H,7-10H2,1-2H3. The number of nitrogens with zero attached hydrogens (tertiary/aromatic N) is 1. The molecule has 0 bridgehead atoms. The summed E-state index contributed by atoms with van der Waals surface area (Å²) in [5.74, 6) is 0.450. The Bertz CT molecular complexity index is 703. The van der Waals surface area contributed by atoms with Crippen LogP contribution in [0.15, 0.2) is 33.9 Å². The minimum Gasteiger partial charge on any atom is -0.378 e. The molecule has 0 radical (unpaired) electrons. The maximum absolute atomic E-state index is 12.0. The van der Waals surface area contributed by atoms with Gasteiger partial charge in [-0.1, -0.05) is 38.1 Å². The van der Waals surface area contributed by atoms with Gasteiger partial charge in [-0.2, -0.15) is 0 Å². The first-order valence-electron chi connectivity index (χ1n) is 7.36. The molecule has 4 nitrogen and oxygen atoms in total. The largest absolute Gasteiger partial charge is 0.378 e. The van der Waals surface area contributed by atoms with Crippen molar-refractivity contribution in [3.05, 3.63) is 50.3 Å². The summed E-state index contributed by atoms with van der Waals surface area (Å²) in [5, 5.41) is 0. The summed E-state index contributed by atoms with van der Waals surface area (Å²) in [7, 11) is 0. The molecule has 2 aromatic rings. The Hall–Kier alpha value is -1.94. The third kappa shape index (κ3) is 2.40. The Kier molecular flexibility index (Phi) is 3.64. The highest BCUT2D eigenvalue weighted by Crippen LogP contribution is 2.28. The Morgan fingerprint density at radius 1 is 1.00 bits per heavy atom. The first-order valence-corrected chi connectivity index (χ1v) is 7.36. The van der Waals surface area contributed by atoms with E-state index in [0.29, 0.717) is 43.5 Å². The second-order valence-electron chi connectivity index (χ2n) is 5.76. The monoisotopic (exact) mass is 285 g/mol. The summed E-state index contributed by atoms with van der Waals surface area (Å²) >= 11 is 0. The van der Waals surface area contributed by atoms with Gasteiger partial charge in [0, 0.05) is 13.1 Å². The van der Waals surface area contributed by atoms with Gasteiger partial charge in [-0.3, -0.25) is 9.59 Å². The predicted octanol–water partition coefficient (Wildman–Crippen LogP) is 1.91. The van der Waals surface area contributed by atoms with Crippen molar-refractivity contribution in [2.75, 3.05) is 31.2 Å². The van der Waals surface area contributed by atoms with Crippen molar-refractivity contribution >= 4 is 5.69 Å². The molecule has 0 spiro atoms. The molecular weight excluding hydrogens is 266 g/mol. The van der Waals surface area contributed by atoms with E-state index in [1.54, 1.807) is 0 Å². The van der Waals surface area contributed by atoms with Gasteiger partial charge in [0.1, 0.15) is 5.69 Å². The average Bonchev–Trinajstić information content (AvgIpc) is 2.52. The maximum Gasteiger partial charge on any atom is 0.250 e. The summed E-state index contributed by atoms with van der Waals surface area (Å²) in [6.45, 7) is 6.80.